The zero-order valence-electron chi connectivity index (χ0n) is 11.6. The number of ether oxygens (including phenoxy) is 2. The smallest absolute Gasteiger partial charge is 0.406 e. The first-order chi connectivity index (χ1) is 10.0. The number of hydrogen-bond donors (Lipinski definition) is 1. The molecule has 0 bridgehead atoms. The monoisotopic (exact) mass is 350 g/mol. The van der Waals surface area contributed by atoms with Crippen molar-refractivity contribution in [1.82, 2.24) is 0 Å². The third-order valence-corrected chi connectivity index (χ3v) is 4.38. The Hall–Kier alpha value is -1.23. The number of alkyl halides is 4. The summed E-state index contributed by atoms with van der Waals surface area (Å²) in [6.45, 7) is 0. The molecule has 1 fully saturated rings. The topological polar surface area (TPSA) is 89.9 Å². The number of carbonyl (C=O) groups is 2. The second kappa shape index (κ2) is 6.49. The number of halogens is 4. The van der Waals surface area contributed by atoms with Crippen molar-refractivity contribution < 1.29 is 45.4 Å². The molecule has 0 aromatic rings. The average Bonchev–Trinajstić information content (AvgIpc) is 2.90. The van der Waals surface area contributed by atoms with Crippen LogP contribution in [-0.4, -0.2) is 46.1 Å². The maximum atomic E-state index is 14.0. The van der Waals surface area contributed by atoms with Crippen molar-refractivity contribution >= 4 is 23.0 Å². The Bertz CT molecular complexity index is 483. The van der Waals surface area contributed by atoms with E-state index in [0.29, 0.717) is 0 Å². The van der Waals surface area contributed by atoms with E-state index in [2.05, 4.69) is 9.47 Å². The molecule has 0 aliphatic heterocycles. The fraction of sp³-hybridized carbons (Fsp3) is 0.818. The van der Waals surface area contributed by atoms with Crippen molar-refractivity contribution in [3.8, 4) is 0 Å². The number of methoxy groups -OCH3 is 2. The van der Waals surface area contributed by atoms with E-state index >= 15 is 0 Å². The van der Waals surface area contributed by atoms with Crippen molar-refractivity contribution in [2.24, 2.45) is 17.8 Å². The van der Waals surface area contributed by atoms with Gasteiger partial charge in [-0.1, -0.05) is 0 Å². The highest BCUT2D eigenvalue weighted by atomic mass is 32.2. The minimum absolute atomic E-state index is 0.465. The molecule has 1 aliphatic rings. The Morgan fingerprint density at radius 3 is 2.00 bits per heavy atom. The van der Waals surface area contributed by atoms with Gasteiger partial charge in [0, 0.05) is 5.92 Å². The molecule has 0 aromatic carbocycles. The molecule has 0 heterocycles. The van der Waals surface area contributed by atoms with Gasteiger partial charge in [-0.15, -0.1) is 0 Å². The zero-order chi connectivity index (χ0) is 17.3. The highest BCUT2D eigenvalue weighted by Crippen LogP contribution is 2.52. The molecule has 1 saturated carbocycles. The summed E-state index contributed by atoms with van der Waals surface area (Å²) < 4.78 is 82.3. The van der Waals surface area contributed by atoms with E-state index in [1.807, 2.05) is 0 Å². The molecule has 22 heavy (non-hydrogen) atoms. The van der Waals surface area contributed by atoms with Crippen LogP contribution in [0.1, 0.15) is 12.8 Å². The first-order valence-corrected chi connectivity index (χ1v) is 7.13. The first kappa shape index (κ1) is 18.8. The van der Waals surface area contributed by atoms with Gasteiger partial charge in [0.05, 0.1) is 26.1 Å². The number of hydrogen-bond acceptors (Lipinski definition) is 5. The summed E-state index contributed by atoms with van der Waals surface area (Å²) in [6.07, 6.45) is -1.25. The number of rotatable bonds is 5. The summed E-state index contributed by atoms with van der Waals surface area (Å²) in [7, 11) is 1.86. The fourth-order valence-corrected chi connectivity index (χ4v) is 2.93. The van der Waals surface area contributed by atoms with Gasteiger partial charge in [-0.05, 0) is 12.8 Å². The average molecular weight is 350 g/mol. The maximum Gasteiger partial charge on any atom is 0.406 e. The van der Waals surface area contributed by atoms with Gasteiger partial charge in [0.2, 0.25) is 11.1 Å². The van der Waals surface area contributed by atoms with Crippen molar-refractivity contribution in [3.63, 3.8) is 0 Å². The molecule has 4 atom stereocenters. The molecule has 0 saturated heterocycles. The molecule has 0 radical (unpaired) electrons. The van der Waals surface area contributed by atoms with Crippen LogP contribution >= 0.6 is 0 Å². The Morgan fingerprint density at radius 1 is 1.09 bits per heavy atom. The standard InChI is InChI=1S/C11H14F4O6S/c1-20-8(16)5-3-6(9(17)21-2)7(4-5)10(12,13)11(14,15)22(18)19/h5-7H,3-4H2,1-2H3,(H,18,19). The van der Waals surface area contributed by atoms with E-state index in [1.54, 1.807) is 0 Å². The highest BCUT2D eigenvalue weighted by Gasteiger charge is 2.69. The fourth-order valence-electron chi connectivity index (χ4n) is 2.54. The van der Waals surface area contributed by atoms with Crippen LogP contribution in [0, 0.1) is 17.8 Å². The summed E-state index contributed by atoms with van der Waals surface area (Å²) in [6, 6.07) is 0. The Morgan fingerprint density at radius 2 is 1.59 bits per heavy atom. The molecule has 4 unspecified atom stereocenters. The van der Waals surface area contributed by atoms with Crippen molar-refractivity contribution in [2.45, 2.75) is 24.0 Å². The minimum Gasteiger partial charge on any atom is -0.469 e. The lowest BCUT2D eigenvalue weighted by Crippen LogP contribution is -2.51. The van der Waals surface area contributed by atoms with Gasteiger partial charge >= 0.3 is 23.1 Å². The first-order valence-electron chi connectivity index (χ1n) is 6.02. The van der Waals surface area contributed by atoms with Crippen LogP contribution in [0.2, 0.25) is 0 Å². The van der Waals surface area contributed by atoms with Crippen LogP contribution < -0.4 is 0 Å². The lowest BCUT2D eigenvalue weighted by molar-refractivity contribution is -0.202. The predicted octanol–water partition coefficient (Wildman–Crippen LogP) is 1.42. The normalized spacial score (nSPS) is 27.3. The molecule has 1 N–H and O–H groups in total. The van der Waals surface area contributed by atoms with E-state index in [0.717, 1.165) is 14.2 Å². The van der Waals surface area contributed by atoms with Crippen LogP contribution in [0.3, 0.4) is 0 Å². The second-order valence-corrected chi connectivity index (χ2v) is 5.83. The molecule has 0 amide bonds. The SMILES string of the molecule is COC(=O)C1CC(C(=O)OC)C(C(F)(F)C(F)(F)S(=O)O)C1. The van der Waals surface area contributed by atoms with E-state index in [-0.39, 0.29) is 0 Å². The van der Waals surface area contributed by atoms with E-state index in [4.69, 9.17) is 4.55 Å². The minimum atomic E-state index is -5.27. The van der Waals surface area contributed by atoms with Crippen molar-refractivity contribution in [1.29, 1.82) is 0 Å². The zero-order valence-corrected chi connectivity index (χ0v) is 12.4. The Labute approximate surface area is 125 Å². The van der Waals surface area contributed by atoms with Crippen LogP contribution in [-0.2, 0) is 30.1 Å². The summed E-state index contributed by atoms with van der Waals surface area (Å²) in [4.78, 5) is 22.9. The van der Waals surface area contributed by atoms with Gasteiger partial charge in [0.1, 0.15) is 0 Å². The molecule has 128 valence electrons. The largest absolute Gasteiger partial charge is 0.469 e. The van der Waals surface area contributed by atoms with Crippen LogP contribution in [0.4, 0.5) is 17.6 Å². The lowest BCUT2D eigenvalue weighted by Gasteiger charge is -2.31. The van der Waals surface area contributed by atoms with E-state index < -0.39 is 64.8 Å². The van der Waals surface area contributed by atoms with Crippen molar-refractivity contribution in [2.75, 3.05) is 14.2 Å². The molecule has 0 spiro atoms. The van der Waals surface area contributed by atoms with Crippen LogP contribution in [0.5, 0.6) is 0 Å². The maximum absolute atomic E-state index is 14.0. The number of carbonyl (C=O) groups excluding carboxylic acids is 2. The van der Waals surface area contributed by atoms with Gasteiger partial charge in [-0.25, -0.2) is 4.21 Å². The van der Waals surface area contributed by atoms with Gasteiger partial charge in [0.25, 0.3) is 0 Å². The Balaban J connectivity index is 3.19. The third-order valence-electron chi connectivity index (χ3n) is 3.67. The molecule has 11 heteroatoms. The molecule has 1 aliphatic carbocycles. The molecule has 1 rings (SSSR count). The van der Waals surface area contributed by atoms with Crippen LogP contribution in [0.15, 0.2) is 0 Å². The summed E-state index contributed by atoms with van der Waals surface area (Å²) in [5.41, 5.74) is 0. The van der Waals surface area contributed by atoms with E-state index in [9.17, 15) is 31.4 Å². The molecule has 0 aromatic heterocycles. The summed E-state index contributed by atoms with van der Waals surface area (Å²) in [5.74, 6) is -12.3. The highest BCUT2D eigenvalue weighted by molar-refractivity contribution is 7.80. The predicted molar refractivity (Wildman–Crippen MR) is 64.4 cm³/mol. The second-order valence-electron chi connectivity index (χ2n) is 4.82. The Kier molecular flexibility index (Phi) is 5.55. The lowest BCUT2D eigenvalue weighted by atomic mass is 9.89. The quantitative estimate of drug-likeness (QED) is 0.458. The van der Waals surface area contributed by atoms with Crippen LogP contribution in [0.25, 0.3) is 0 Å². The third kappa shape index (κ3) is 3.09. The van der Waals surface area contributed by atoms with Gasteiger partial charge in [-0.3, -0.25) is 9.59 Å². The summed E-state index contributed by atoms with van der Waals surface area (Å²) in [5, 5.41) is -5.27. The molecular formula is C11H14F4O6S. The van der Waals surface area contributed by atoms with Crippen molar-refractivity contribution in [3.05, 3.63) is 0 Å². The van der Waals surface area contributed by atoms with Gasteiger partial charge in [0.15, 0.2) is 0 Å². The number of esters is 2. The van der Waals surface area contributed by atoms with Gasteiger partial charge < -0.3 is 14.0 Å². The summed E-state index contributed by atoms with van der Waals surface area (Å²) >= 11 is -4.15. The van der Waals surface area contributed by atoms with E-state index in [1.165, 1.54) is 0 Å². The molecular weight excluding hydrogens is 336 g/mol. The molecule has 6 nitrogen and oxygen atoms in total. The van der Waals surface area contributed by atoms with Gasteiger partial charge in [-0.2, -0.15) is 17.6 Å².